The van der Waals surface area contributed by atoms with Gasteiger partial charge < -0.3 is 20.5 Å². The van der Waals surface area contributed by atoms with Crippen LogP contribution in [-0.4, -0.2) is 72.1 Å². The van der Waals surface area contributed by atoms with Crippen LogP contribution >= 0.6 is 0 Å². The third-order valence-electron chi connectivity index (χ3n) is 5.71. The van der Waals surface area contributed by atoms with E-state index in [1.165, 1.54) is 0 Å². The number of aliphatic hydroxyl groups is 1. The van der Waals surface area contributed by atoms with Crippen molar-refractivity contribution >= 4 is 22.5 Å². The lowest BCUT2D eigenvalue weighted by Crippen LogP contribution is -2.50. The van der Waals surface area contributed by atoms with Crippen molar-refractivity contribution < 1.29 is 14.6 Å². The number of carbonyl (C=O) groups excluding carboxylic acids is 1. The average Bonchev–Trinajstić information content (AvgIpc) is 2.82. The third kappa shape index (κ3) is 5.25. The Morgan fingerprint density at radius 1 is 0.969 bits per heavy atom. The van der Waals surface area contributed by atoms with Crippen molar-refractivity contribution in [2.24, 2.45) is 5.73 Å². The normalized spacial score (nSPS) is 15.5. The van der Waals surface area contributed by atoms with Crippen LogP contribution in [0.2, 0.25) is 0 Å². The van der Waals surface area contributed by atoms with Crippen molar-refractivity contribution in [3.05, 3.63) is 77.9 Å². The van der Waals surface area contributed by atoms with Gasteiger partial charge in [-0.05, 0) is 35.0 Å². The zero-order chi connectivity index (χ0) is 22.5. The number of hydrogen-bond acceptors (Lipinski definition) is 5. The molecule has 3 aromatic carbocycles. The number of ether oxygens (including phenoxy) is 1. The summed E-state index contributed by atoms with van der Waals surface area (Å²) in [5.74, 6) is 0.597. The second-order valence-electron chi connectivity index (χ2n) is 8.06. The first-order valence-corrected chi connectivity index (χ1v) is 10.8. The van der Waals surface area contributed by atoms with E-state index >= 15 is 0 Å². The van der Waals surface area contributed by atoms with Gasteiger partial charge >= 0.3 is 0 Å². The lowest BCUT2D eigenvalue weighted by molar-refractivity contribution is 0.0403. The summed E-state index contributed by atoms with van der Waals surface area (Å²) in [6.07, 6.45) is -0.654. The number of fused-ring (bicyclic) bond motifs is 1. The summed E-state index contributed by atoms with van der Waals surface area (Å²) >= 11 is 0. The van der Waals surface area contributed by atoms with E-state index in [0.717, 1.165) is 10.8 Å². The smallest absolute Gasteiger partial charge is 0.253 e. The monoisotopic (exact) mass is 432 g/mol. The van der Waals surface area contributed by atoms with E-state index in [1.807, 2.05) is 47.4 Å². The standard InChI is InChI=1S/C25H28N4O3/c26-24(27)20-6-3-7-23(15-20)32-17-22(30)16-28-10-12-29(13-11-28)25(31)21-9-8-18-4-1-2-5-19(18)14-21/h1-9,14-15,22,30H,10-13,16-17H2,(H3,26,27). The Morgan fingerprint density at radius 3 is 2.47 bits per heavy atom. The number of aliphatic hydroxyl groups excluding tert-OH is 1. The lowest BCUT2D eigenvalue weighted by Gasteiger charge is -2.35. The van der Waals surface area contributed by atoms with E-state index in [9.17, 15) is 9.90 Å². The highest BCUT2D eigenvalue weighted by Gasteiger charge is 2.23. The molecule has 0 radical (unpaired) electrons. The van der Waals surface area contributed by atoms with Crippen LogP contribution in [0.4, 0.5) is 0 Å². The van der Waals surface area contributed by atoms with E-state index in [-0.39, 0.29) is 18.3 Å². The number of rotatable bonds is 7. The molecule has 1 heterocycles. The molecule has 1 fully saturated rings. The highest BCUT2D eigenvalue weighted by atomic mass is 16.5. The topological polar surface area (TPSA) is 103 Å². The molecule has 0 bridgehead atoms. The minimum absolute atomic E-state index is 0.0212. The van der Waals surface area contributed by atoms with E-state index in [4.69, 9.17) is 15.9 Å². The fraction of sp³-hybridized carbons (Fsp3) is 0.280. The zero-order valence-corrected chi connectivity index (χ0v) is 17.9. The summed E-state index contributed by atoms with van der Waals surface area (Å²) < 4.78 is 5.66. The number of nitrogen functional groups attached to an aromatic ring is 1. The first-order valence-electron chi connectivity index (χ1n) is 10.8. The molecular formula is C25H28N4O3. The van der Waals surface area contributed by atoms with Crippen LogP contribution in [0.1, 0.15) is 15.9 Å². The highest BCUT2D eigenvalue weighted by Crippen LogP contribution is 2.18. The minimum atomic E-state index is -0.654. The predicted octanol–water partition coefficient (Wildman–Crippen LogP) is 2.32. The van der Waals surface area contributed by atoms with Crippen LogP contribution in [0, 0.1) is 5.41 Å². The van der Waals surface area contributed by atoms with Gasteiger partial charge in [0.2, 0.25) is 0 Å². The Labute approximate surface area is 187 Å². The van der Waals surface area contributed by atoms with Crippen LogP contribution in [-0.2, 0) is 0 Å². The van der Waals surface area contributed by atoms with Gasteiger partial charge in [0.1, 0.15) is 24.3 Å². The molecule has 166 valence electrons. The molecule has 7 nitrogen and oxygen atoms in total. The van der Waals surface area contributed by atoms with Crippen LogP contribution < -0.4 is 10.5 Å². The summed E-state index contributed by atoms with van der Waals surface area (Å²) in [6, 6.07) is 20.8. The molecule has 0 saturated carbocycles. The summed E-state index contributed by atoms with van der Waals surface area (Å²) in [6.45, 7) is 3.29. The van der Waals surface area contributed by atoms with E-state index in [2.05, 4.69) is 4.90 Å². The molecule has 1 unspecified atom stereocenters. The molecule has 1 amide bonds. The first kappa shape index (κ1) is 21.8. The van der Waals surface area contributed by atoms with Crippen molar-refractivity contribution in [1.29, 1.82) is 5.41 Å². The molecule has 1 aliphatic rings. The Kier molecular flexibility index (Phi) is 6.68. The third-order valence-corrected chi connectivity index (χ3v) is 5.71. The first-order chi connectivity index (χ1) is 15.5. The number of piperazine rings is 1. The fourth-order valence-electron chi connectivity index (χ4n) is 3.94. The Morgan fingerprint density at radius 2 is 1.72 bits per heavy atom. The molecule has 4 N–H and O–H groups in total. The quantitative estimate of drug-likeness (QED) is 0.393. The predicted molar refractivity (Wildman–Crippen MR) is 125 cm³/mol. The number of carbonyl (C=O) groups is 1. The molecule has 32 heavy (non-hydrogen) atoms. The number of amidine groups is 1. The molecule has 3 aromatic rings. The maximum atomic E-state index is 12.9. The Balaban J connectivity index is 1.25. The van der Waals surface area contributed by atoms with Gasteiger partial charge in [-0.3, -0.25) is 15.1 Å². The summed E-state index contributed by atoms with van der Waals surface area (Å²) in [5.41, 5.74) is 6.79. The fourth-order valence-corrected chi connectivity index (χ4v) is 3.94. The zero-order valence-electron chi connectivity index (χ0n) is 17.9. The second kappa shape index (κ2) is 9.80. The molecule has 1 saturated heterocycles. The number of nitrogens with zero attached hydrogens (tertiary/aromatic N) is 2. The molecular weight excluding hydrogens is 404 g/mol. The van der Waals surface area contributed by atoms with Gasteiger partial charge in [0.25, 0.3) is 5.91 Å². The maximum Gasteiger partial charge on any atom is 0.253 e. The van der Waals surface area contributed by atoms with Crippen molar-refractivity contribution in [1.82, 2.24) is 9.80 Å². The minimum Gasteiger partial charge on any atom is -0.491 e. The summed E-state index contributed by atoms with van der Waals surface area (Å²) in [4.78, 5) is 16.9. The van der Waals surface area contributed by atoms with Crippen LogP contribution in [0.5, 0.6) is 5.75 Å². The van der Waals surface area contributed by atoms with Crippen molar-refractivity contribution in [2.75, 3.05) is 39.3 Å². The van der Waals surface area contributed by atoms with Gasteiger partial charge in [-0.25, -0.2) is 0 Å². The van der Waals surface area contributed by atoms with Crippen molar-refractivity contribution in [3.63, 3.8) is 0 Å². The van der Waals surface area contributed by atoms with Gasteiger partial charge in [-0.2, -0.15) is 0 Å². The van der Waals surface area contributed by atoms with E-state index in [0.29, 0.717) is 49.6 Å². The molecule has 4 rings (SSSR count). The van der Waals surface area contributed by atoms with Gasteiger partial charge in [-0.1, -0.05) is 42.5 Å². The van der Waals surface area contributed by atoms with E-state index < -0.39 is 6.10 Å². The van der Waals surface area contributed by atoms with Gasteiger partial charge in [-0.15, -0.1) is 0 Å². The van der Waals surface area contributed by atoms with Gasteiger partial charge in [0, 0.05) is 43.9 Å². The molecule has 0 aromatic heterocycles. The molecule has 1 aliphatic heterocycles. The van der Waals surface area contributed by atoms with Gasteiger partial charge in [0.05, 0.1) is 0 Å². The number of nitrogens with two attached hydrogens (primary N) is 1. The number of benzene rings is 3. The van der Waals surface area contributed by atoms with Crippen LogP contribution in [0.15, 0.2) is 66.7 Å². The molecule has 0 spiro atoms. The highest BCUT2D eigenvalue weighted by molar-refractivity contribution is 5.98. The van der Waals surface area contributed by atoms with Gasteiger partial charge in [0.15, 0.2) is 0 Å². The van der Waals surface area contributed by atoms with E-state index in [1.54, 1.807) is 24.3 Å². The summed E-state index contributed by atoms with van der Waals surface area (Å²) in [5, 5.41) is 20.1. The number of amides is 1. The SMILES string of the molecule is N=C(N)c1cccc(OCC(O)CN2CCN(C(=O)c3ccc4ccccc4c3)CC2)c1. The Hall–Kier alpha value is -3.42. The van der Waals surface area contributed by atoms with Crippen molar-refractivity contribution in [3.8, 4) is 5.75 Å². The largest absolute Gasteiger partial charge is 0.491 e. The number of hydrogen-bond donors (Lipinski definition) is 3. The van der Waals surface area contributed by atoms with Crippen molar-refractivity contribution in [2.45, 2.75) is 6.10 Å². The second-order valence-corrected chi connectivity index (χ2v) is 8.06. The summed E-state index contributed by atoms with van der Waals surface area (Å²) in [7, 11) is 0. The lowest BCUT2D eigenvalue weighted by atomic mass is 10.1. The number of nitrogens with one attached hydrogen (secondary N) is 1. The number of β-amino-alcohol motifs (C(OH)–C–C–N with tert-alkyl or cyclic N) is 1. The van der Waals surface area contributed by atoms with Crippen LogP contribution in [0.25, 0.3) is 10.8 Å². The maximum absolute atomic E-state index is 12.9. The molecule has 0 aliphatic carbocycles. The average molecular weight is 433 g/mol. The Bertz CT molecular complexity index is 1110. The molecule has 7 heteroatoms. The van der Waals surface area contributed by atoms with Crippen LogP contribution in [0.3, 0.4) is 0 Å². The molecule has 1 atom stereocenters.